The number of hydrogen-bond acceptors (Lipinski definition) is 8. The van der Waals surface area contributed by atoms with Crippen LogP contribution < -0.4 is 14.8 Å². The Bertz CT molecular complexity index is 1330. The van der Waals surface area contributed by atoms with E-state index < -0.39 is 23.4 Å². The molecule has 0 fully saturated rings. The highest BCUT2D eigenvalue weighted by Crippen LogP contribution is 2.39. The second-order valence-corrected chi connectivity index (χ2v) is 7.94. The Balaban J connectivity index is 1.39. The van der Waals surface area contributed by atoms with Crippen LogP contribution >= 0.6 is 0 Å². The zero-order chi connectivity index (χ0) is 25.7. The minimum atomic E-state index is -0.746. The lowest BCUT2D eigenvalue weighted by atomic mass is 10.2. The summed E-state index contributed by atoms with van der Waals surface area (Å²) >= 11 is 0. The van der Waals surface area contributed by atoms with Gasteiger partial charge in [-0.1, -0.05) is 18.2 Å². The first kappa shape index (κ1) is 24.5. The maximum absolute atomic E-state index is 12.3. The highest BCUT2D eigenvalue weighted by molar-refractivity contribution is 5.96. The van der Waals surface area contributed by atoms with E-state index in [2.05, 4.69) is 10.4 Å². The van der Waals surface area contributed by atoms with E-state index in [1.54, 1.807) is 10.8 Å². The molecule has 0 saturated heterocycles. The molecular weight excluding hydrogens is 468 g/mol. The predicted octanol–water partition coefficient (Wildman–Crippen LogP) is 3.75. The molecule has 4 rings (SSSR count). The first-order valence-electron chi connectivity index (χ1n) is 11.2. The second-order valence-electron chi connectivity index (χ2n) is 7.94. The minimum absolute atomic E-state index is 0.0829. The summed E-state index contributed by atoms with van der Waals surface area (Å²) in [5.41, 5.74) is 2.76. The fourth-order valence-electron chi connectivity index (χ4n) is 3.69. The normalized spacial score (nSPS) is 12.7. The number of para-hydroxylation sites is 1. The number of amides is 1. The Hall–Kier alpha value is -4.67. The van der Waals surface area contributed by atoms with Gasteiger partial charge in [0.1, 0.15) is 5.69 Å². The highest BCUT2D eigenvalue weighted by Gasteiger charge is 2.23. The molecule has 0 saturated carbocycles. The van der Waals surface area contributed by atoms with Crippen molar-refractivity contribution < 1.29 is 28.7 Å². The topological polar surface area (TPSA) is 135 Å². The standard InChI is InChI=1S/C25H24N4O7/c1-16-19(17(2)28(27-16)18-7-4-3-5-8-18)9-10-25(31)36-15-24(30)26-20-13-22-23(14-21(20)29(32)33)35-12-6-11-34-22/h3-5,7-10,13-14H,6,11-12,15H2,1-2H3,(H,26,30)/b10-9+. The van der Waals surface area contributed by atoms with Gasteiger partial charge in [0.15, 0.2) is 18.1 Å². The monoisotopic (exact) mass is 492 g/mol. The third-order valence-electron chi connectivity index (χ3n) is 5.42. The van der Waals surface area contributed by atoms with Gasteiger partial charge in [0.2, 0.25) is 0 Å². The number of nitrogens with one attached hydrogen (secondary N) is 1. The number of hydrogen-bond donors (Lipinski definition) is 1. The number of fused-ring (bicyclic) bond motifs is 1. The third-order valence-corrected chi connectivity index (χ3v) is 5.42. The molecule has 36 heavy (non-hydrogen) atoms. The maximum atomic E-state index is 12.3. The molecule has 3 aromatic rings. The summed E-state index contributed by atoms with van der Waals surface area (Å²) in [6, 6.07) is 12.1. The fraction of sp³-hybridized carbons (Fsp3) is 0.240. The molecule has 0 bridgehead atoms. The molecule has 0 atom stereocenters. The zero-order valence-electron chi connectivity index (χ0n) is 19.7. The van der Waals surface area contributed by atoms with Crippen molar-refractivity contribution in [1.82, 2.24) is 9.78 Å². The van der Waals surface area contributed by atoms with E-state index in [1.807, 2.05) is 44.2 Å². The number of nitrogens with zero attached hydrogens (tertiary/aromatic N) is 3. The van der Waals surface area contributed by atoms with Crippen molar-refractivity contribution in [3.63, 3.8) is 0 Å². The molecule has 0 unspecified atom stereocenters. The van der Waals surface area contributed by atoms with E-state index in [1.165, 1.54) is 18.2 Å². The Morgan fingerprint density at radius 2 is 1.86 bits per heavy atom. The largest absolute Gasteiger partial charge is 0.489 e. The summed E-state index contributed by atoms with van der Waals surface area (Å²) in [4.78, 5) is 35.4. The Labute approximate surface area is 206 Å². The Morgan fingerprint density at radius 1 is 1.17 bits per heavy atom. The first-order valence-corrected chi connectivity index (χ1v) is 11.2. The predicted molar refractivity (Wildman–Crippen MR) is 130 cm³/mol. The Morgan fingerprint density at radius 3 is 2.56 bits per heavy atom. The van der Waals surface area contributed by atoms with Gasteiger partial charge in [-0.25, -0.2) is 9.48 Å². The molecule has 1 N–H and O–H groups in total. The van der Waals surface area contributed by atoms with Gasteiger partial charge in [-0.2, -0.15) is 5.10 Å². The van der Waals surface area contributed by atoms with Gasteiger partial charge in [0, 0.05) is 29.8 Å². The van der Waals surface area contributed by atoms with E-state index in [4.69, 9.17) is 14.2 Å². The third kappa shape index (κ3) is 5.52. The number of aryl methyl sites for hydroxylation is 1. The molecule has 0 spiro atoms. The van der Waals surface area contributed by atoms with E-state index >= 15 is 0 Å². The number of aromatic nitrogens is 2. The van der Waals surface area contributed by atoms with Gasteiger partial charge in [0.25, 0.3) is 11.6 Å². The summed E-state index contributed by atoms with van der Waals surface area (Å²) in [7, 11) is 0. The van der Waals surface area contributed by atoms with Gasteiger partial charge in [-0.05, 0) is 32.1 Å². The van der Waals surface area contributed by atoms with Crippen LogP contribution in [-0.2, 0) is 14.3 Å². The molecule has 2 heterocycles. The number of carbonyl (C=O) groups is 2. The van der Waals surface area contributed by atoms with Crippen LogP contribution in [0.1, 0.15) is 23.4 Å². The van der Waals surface area contributed by atoms with E-state index in [0.29, 0.717) is 19.6 Å². The van der Waals surface area contributed by atoms with Crippen molar-refractivity contribution in [2.75, 3.05) is 25.1 Å². The van der Waals surface area contributed by atoms with Gasteiger partial charge >= 0.3 is 5.97 Å². The smallest absolute Gasteiger partial charge is 0.331 e. The quantitative estimate of drug-likeness (QED) is 0.228. The van der Waals surface area contributed by atoms with Gasteiger partial charge in [-0.15, -0.1) is 0 Å². The van der Waals surface area contributed by atoms with Crippen molar-refractivity contribution in [3.8, 4) is 17.2 Å². The minimum Gasteiger partial charge on any atom is -0.489 e. The summed E-state index contributed by atoms with van der Waals surface area (Å²) in [6.45, 7) is 3.83. The fourth-order valence-corrected chi connectivity index (χ4v) is 3.69. The number of benzene rings is 2. The average Bonchev–Trinajstić information content (AvgIpc) is 3.00. The van der Waals surface area contributed by atoms with Crippen molar-refractivity contribution in [2.24, 2.45) is 0 Å². The van der Waals surface area contributed by atoms with Gasteiger partial charge in [0.05, 0.1) is 35.6 Å². The molecule has 186 valence electrons. The van der Waals surface area contributed by atoms with E-state index in [0.717, 1.165) is 22.6 Å². The summed E-state index contributed by atoms with van der Waals surface area (Å²) in [6.07, 6.45) is 3.40. The lowest BCUT2D eigenvalue weighted by Gasteiger charge is -2.11. The number of rotatable bonds is 7. The van der Waals surface area contributed by atoms with Gasteiger partial charge < -0.3 is 19.5 Å². The molecule has 11 heteroatoms. The zero-order valence-corrected chi connectivity index (χ0v) is 19.7. The van der Waals surface area contributed by atoms with E-state index in [-0.39, 0.29) is 22.9 Å². The number of anilines is 1. The van der Waals surface area contributed by atoms with Crippen molar-refractivity contribution >= 4 is 29.3 Å². The molecular formula is C25H24N4O7. The van der Waals surface area contributed by atoms with Crippen LogP contribution in [0.3, 0.4) is 0 Å². The summed E-state index contributed by atoms with van der Waals surface area (Å²) < 4.78 is 17.8. The van der Waals surface area contributed by atoms with E-state index in [9.17, 15) is 19.7 Å². The average molecular weight is 492 g/mol. The van der Waals surface area contributed by atoms with Crippen LogP contribution in [0.2, 0.25) is 0 Å². The molecule has 0 radical (unpaired) electrons. The number of nitro benzene ring substituents is 1. The van der Waals surface area contributed by atoms with Crippen LogP contribution in [-0.4, -0.2) is 46.4 Å². The van der Waals surface area contributed by atoms with Gasteiger partial charge in [-0.3, -0.25) is 14.9 Å². The highest BCUT2D eigenvalue weighted by atomic mass is 16.6. The number of nitro groups is 1. The second kappa shape index (κ2) is 10.7. The number of esters is 1. The molecule has 1 aliphatic heterocycles. The molecule has 2 aromatic carbocycles. The maximum Gasteiger partial charge on any atom is 0.331 e. The lowest BCUT2D eigenvalue weighted by molar-refractivity contribution is -0.384. The number of carbonyl (C=O) groups excluding carboxylic acids is 2. The summed E-state index contributed by atoms with van der Waals surface area (Å²) in [5, 5.41) is 18.4. The van der Waals surface area contributed by atoms with Crippen LogP contribution in [0.5, 0.6) is 11.5 Å². The van der Waals surface area contributed by atoms with Crippen LogP contribution in [0, 0.1) is 24.0 Å². The van der Waals surface area contributed by atoms with Crippen molar-refractivity contribution in [1.29, 1.82) is 0 Å². The van der Waals surface area contributed by atoms with Crippen LogP contribution in [0.15, 0.2) is 48.5 Å². The number of ether oxygens (including phenoxy) is 3. The SMILES string of the molecule is Cc1nn(-c2ccccc2)c(C)c1/C=C/C(=O)OCC(=O)Nc1cc2c(cc1[N+](=O)[O-])OCCCO2. The molecule has 1 aliphatic rings. The van der Waals surface area contributed by atoms with Crippen LogP contribution in [0.25, 0.3) is 11.8 Å². The molecule has 1 aromatic heterocycles. The van der Waals surface area contributed by atoms with Crippen LogP contribution in [0.4, 0.5) is 11.4 Å². The lowest BCUT2D eigenvalue weighted by Crippen LogP contribution is -2.20. The molecule has 0 aliphatic carbocycles. The first-order chi connectivity index (χ1) is 17.3. The molecule has 11 nitrogen and oxygen atoms in total. The Kier molecular flexibility index (Phi) is 7.28. The summed E-state index contributed by atoms with van der Waals surface area (Å²) in [5.74, 6) is -0.965. The van der Waals surface area contributed by atoms with Crippen molar-refractivity contribution in [3.05, 3.63) is 75.6 Å². The van der Waals surface area contributed by atoms with Crippen molar-refractivity contribution in [2.45, 2.75) is 20.3 Å². The molecule has 1 amide bonds.